The predicted molar refractivity (Wildman–Crippen MR) is 87.1 cm³/mol. The minimum absolute atomic E-state index is 0.271. The summed E-state index contributed by atoms with van der Waals surface area (Å²) < 4.78 is 6.18. The Kier molecular flexibility index (Phi) is 5.57. The third kappa shape index (κ3) is 5.33. The Morgan fingerprint density at radius 3 is 2.26 bits per heavy atom. The van der Waals surface area contributed by atoms with Crippen LogP contribution < -0.4 is 0 Å². The van der Waals surface area contributed by atoms with Crippen LogP contribution in [0.2, 0.25) is 18.1 Å². The Bertz CT molecular complexity index is 401. The van der Waals surface area contributed by atoms with Crippen LogP contribution in [0.15, 0.2) is 42.5 Å². The molecule has 0 heterocycles. The largest absolute Gasteiger partial charge is 0.413 e. The molecule has 0 unspecified atom stereocenters. The molecule has 0 aliphatic heterocycles. The van der Waals surface area contributed by atoms with Gasteiger partial charge >= 0.3 is 0 Å². The highest BCUT2D eigenvalue weighted by molar-refractivity contribution is 6.74. The van der Waals surface area contributed by atoms with Gasteiger partial charge in [-0.25, -0.2) is 0 Å². The molecule has 0 fully saturated rings. The molecule has 0 radical (unpaired) electrons. The predicted octanol–water partition coefficient (Wildman–Crippen LogP) is 5.20. The van der Waals surface area contributed by atoms with E-state index in [2.05, 4.69) is 70.8 Å². The average Bonchev–Trinajstić information content (AvgIpc) is 2.34. The van der Waals surface area contributed by atoms with Crippen LogP contribution in [0.4, 0.5) is 0 Å². The van der Waals surface area contributed by atoms with Gasteiger partial charge in [-0.05, 0) is 36.5 Å². The first-order valence-corrected chi connectivity index (χ1v) is 9.98. The van der Waals surface area contributed by atoms with E-state index in [1.165, 1.54) is 11.1 Å². The maximum absolute atomic E-state index is 6.18. The number of hydrogen-bond acceptors (Lipinski definition) is 1. The van der Waals surface area contributed by atoms with Crippen molar-refractivity contribution in [1.29, 1.82) is 0 Å². The zero-order chi connectivity index (χ0) is 14.5. The molecule has 0 atom stereocenters. The molecule has 0 aromatic heterocycles. The van der Waals surface area contributed by atoms with Crippen molar-refractivity contribution in [3.63, 3.8) is 0 Å². The van der Waals surface area contributed by atoms with Crippen LogP contribution >= 0.6 is 0 Å². The van der Waals surface area contributed by atoms with Gasteiger partial charge in [-0.1, -0.05) is 63.3 Å². The van der Waals surface area contributed by atoms with Gasteiger partial charge in [-0.2, -0.15) is 0 Å². The maximum atomic E-state index is 6.18. The third-order valence-corrected chi connectivity index (χ3v) is 8.53. The van der Waals surface area contributed by atoms with Crippen LogP contribution in [0, 0.1) is 0 Å². The highest BCUT2D eigenvalue weighted by Crippen LogP contribution is 2.36. The van der Waals surface area contributed by atoms with Crippen LogP contribution in [-0.4, -0.2) is 14.9 Å². The fraction of sp³-hybridized carbons (Fsp3) is 0.529. The van der Waals surface area contributed by atoms with Gasteiger partial charge < -0.3 is 4.43 Å². The fourth-order valence-electron chi connectivity index (χ4n) is 1.54. The van der Waals surface area contributed by atoms with Gasteiger partial charge in [0, 0.05) is 0 Å². The molecule has 0 bridgehead atoms. The van der Waals surface area contributed by atoms with Crippen LogP contribution in [-0.2, 0) is 10.8 Å². The van der Waals surface area contributed by atoms with Gasteiger partial charge in [0.1, 0.15) is 0 Å². The third-order valence-electron chi connectivity index (χ3n) is 4.05. The minimum atomic E-state index is -1.64. The van der Waals surface area contributed by atoms with Crippen LogP contribution in [0.1, 0.15) is 32.8 Å². The summed E-state index contributed by atoms with van der Waals surface area (Å²) in [6.07, 6.45) is 2.07. The van der Waals surface area contributed by atoms with E-state index in [-0.39, 0.29) is 5.04 Å². The summed E-state index contributed by atoms with van der Waals surface area (Å²) in [4.78, 5) is 0. The second-order valence-electron chi connectivity index (χ2n) is 6.78. The molecule has 0 aliphatic carbocycles. The standard InChI is InChI=1S/C17H28OSi/c1-15(12-13-16-10-8-7-9-11-16)14-18-19(5,6)17(2,3)4/h7-11H,1,12-14H2,2-6H3. The van der Waals surface area contributed by atoms with Crippen molar-refractivity contribution in [3.8, 4) is 0 Å². The molecule has 1 aromatic rings. The number of aryl methyl sites for hydroxylation is 1. The average molecular weight is 276 g/mol. The van der Waals surface area contributed by atoms with Gasteiger partial charge in [-0.15, -0.1) is 0 Å². The smallest absolute Gasteiger partial charge is 0.192 e. The number of benzene rings is 1. The molecule has 0 saturated heterocycles. The van der Waals surface area contributed by atoms with Crippen molar-refractivity contribution in [2.45, 2.75) is 51.7 Å². The van der Waals surface area contributed by atoms with E-state index in [1.807, 2.05) is 0 Å². The zero-order valence-corrected chi connectivity index (χ0v) is 14.1. The van der Waals surface area contributed by atoms with E-state index >= 15 is 0 Å². The Balaban J connectivity index is 2.37. The molecular formula is C17H28OSi. The summed E-state index contributed by atoms with van der Waals surface area (Å²) in [5.74, 6) is 0. The molecule has 106 valence electrons. The summed E-state index contributed by atoms with van der Waals surface area (Å²) in [6.45, 7) is 16.3. The molecule has 1 nitrogen and oxygen atoms in total. The number of hydrogen-bond donors (Lipinski definition) is 0. The minimum Gasteiger partial charge on any atom is -0.413 e. The lowest BCUT2D eigenvalue weighted by molar-refractivity contribution is 0.315. The van der Waals surface area contributed by atoms with Crippen molar-refractivity contribution in [2.75, 3.05) is 6.61 Å². The highest BCUT2D eigenvalue weighted by Gasteiger charge is 2.36. The quantitative estimate of drug-likeness (QED) is 0.513. The van der Waals surface area contributed by atoms with Crippen LogP contribution in [0.5, 0.6) is 0 Å². The Morgan fingerprint density at radius 1 is 1.16 bits per heavy atom. The molecule has 2 heteroatoms. The van der Waals surface area contributed by atoms with Crippen molar-refractivity contribution < 1.29 is 4.43 Å². The van der Waals surface area contributed by atoms with Gasteiger partial charge in [0.15, 0.2) is 8.32 Å². The second kappa shape index (κ2) is 6.53. The SMILES string of the molecule is C=C(CCc1ccccc1)CO[Si](C)(C)C(C)(C)C. The van der Waals surface area contributed by atoms with E-state index in [0.717, 1.165) is 12.8 Å². The van der Waals surface area contributed by atoms with Gasteiger partial charge in [-0.3, -0.25) is 0 Å². The summed E-state index contributed by atoms with van der Waals surface area (Å²) in [5.41, 5.74) is 2.57. The monoisotopic (exact) mass is 276 g/mol. The van der Waals surface area contributed by atoms with Gasteiger partial charge in [0.25, 0.3) is 0 Å². The van der Waals surface area contributed by atoms with E-state index in [4.69, 9.17) is 4.43 Å². The van der Waals surface area contributed by atoms with Gasteiger partial charge in [0.05, 0.1) is 6.61 Å². The van der Waals surface area contributed by atoms with Gasteiger partial charge in [0.2, 0.25) is 0 Å². The zero-order valence-electron chi connectivity index (χ0n) is 13.1. The van der Waals surface area contributed by atoms with Crippen LogP contribution in [0.25, 0.3) is 0 Å². The topological polar surface area (TPSA) is 9.23 Å². The molecule has 0 amide bonds. The Labute approximate surface area is 119 Å². The molecule has 0 aliphatic rings. The first-order valence-electron chi connectivity index (χ1n) is 7.07. The lowest BCUT2D eigenvalue weighted by atomic mass is 10.1. The maximum Gasteiger partial charge on any atom is 0.192 e. The number of rotatable bonds is 6. The Morgan fingerprint density at radius 2 is 1.74 bits per heavy atom. The fourth-order valence-corrected chi connectivity index (χ4v) is 2.53. The summed E-state index contributed by atoms with van der Waals surface area (Å²) in [5, 5.41) is 0.271. The summed E-state index contributed by atoms with van der Waals surface area (Å²) >= 11 is 0. The van der Waals surface area contributed by atoms with E-state index in [9.17, 15) is 0 Å². The van der Waals surface area contributed by atoms with Crippen LogP contribution in [0.3, 0.4) is 0 Å². The molecule has 1 rings (SSSR count). The molecule has 0 saturated carbocycles. The molecule has 19 heavy (non-hydrogen) atoms. The first kappa shape index (κ1) is 16.2. The molecule has 0 spiro atoms. The summed E-state index contributed by atoms with van der Waals surface area (Å²) in [6, 6.07) is 10.6. The van der Waals surface area contributed by atoms with E-state index in [0.29, 0.717) is 6.61 Å². The molecular weight excluding hydrogens is 248 g/mol. The molecule has 1 aromatic carbocycles. The van der Waals surface area contributed by atoms with Crippen molar-refractivity contribution in [2.24, 2.45) is 0 Å². The summed E-state index contributed by atoms with van der Waals surface area (Å²) in [7, 11) is -1.64. The van der Waals surface area contributed by atoms with Crippen molar-refractivity contribution >= 4 is 8.32 Å². The normalized spacial score (nSPS) is 12.5. The molecule has 0 N–H and O–H groups in total. The second-order valence-corrected chi connectivity index (χ2v) is 11.6. The van der Waals surface area contributed by atoms with E-state index < -0.39 is 8.32 Å². The Hall–Kier alpha value is -0.863. The van der Waals surface area contributed by atoms with E-state index in [1.54, 1.807) is 0 Å². The first-order chi connectivity index (χ1) is 8.72. The van der Waals surface area contributed by atoms with Crippen molar-refractivity contribution in [3.05, 3.63) is 48.0 Å². The lowest BCUT2D eigenvalue weighted by Gasteiger charge is -2.36. The highest BCUT2D eigenvalue weighted by atomic mass is 28.4. The lowest BCUT2D eigenvalue weighted by Crippen LogP contribution is -2.41. The van der Waals surface area contributed by atoms with Crippen molar-refractivity contribution in [1.82, 2.24) is 0 Å².